The molecule has 1 fully saturated rings. The molecular formula is C14H27N3O3. The molecule has 0 aromatic heterocycles. The minimum atomic E-state index is -0.575. The van der Waals surface area contributed by atoms with E-state index in [1.54, 1.807) is 4.90 Å². The van der Waals surface area contributed by atoms with Crippen LogP contribution in [-0.4, -0.2) is 54.6 Å². The molecule has 20 heavy (non-hydrogen) atoms. The molecular weight excluding hydrogens is 258 g/mol. The highest BCUT2D eigenvalue weighted by molar-refractivity contribution is 5.90. The maximum absolute atomic E-state index is 12.5. The number of morpholine rings is 1. The van der Waals surface area contributed by atoms with Gasteiger partial charge in [0.1, 0.15) is 6.04 Å². The maximum atomic E-state index is 12.5. The van der Waals surface area contributed by atoms with Crippen LogP contribution < -0.4 is 11.1 Å². The Morgan fingerprint density at radius 2 is 2.05 bits per heavy atom. The van der Waals surface area contributed by atoms with Gasteiger partial charge in [-0.1, -0.05) is 20.3 Å². The van der Waals surface area contributed by atoms with Crippen molar-refractivity contribution in [2.24, 2.45) is 11.7 Å². The first kappa shape index (κ1) is 16.9. The third kappa shape index (κ3) is 4.18. The second-order valence-corrected chi connectivity index (χ2v) is 5.70. The summed E-state index contributed by atoms with van der Waals surface area (Å²) in [5.74, 6) is -0.241. The quantitative estimate of drug-likeness (QED) is 0.751. The normalized spacial score (nSPS) is 22.5. The van der Waals surface area contributed by atoms with Gasteiger partial charge in [0.05, 0.1) is 19.3 Å². The number of nitrogens with one attached hydrogen (secondary N) is 1. The number of hydrogen-bond donors (Lipinski definition) is 2. The van der Waals surface area contributed by atoms with Gasteiger partial charge in [-0.25, -0.2) is 0 Å². The van der Waals surface area contributed by atoms with Crippen LogP contribution in [0, 0.1) is 5.92 Å². The van der Waals surface area contributed by atoms with E-state index in [0.717, 1.165) is 6.42 Å². The van der Waals surface area contributed by atoms with E-state index in [1.165, 1.54) is 0 Å². The van der Waals surface area contributed by atoms with Crippen LogP contribution >= 0.6 is 0 Å². The number of amides is 2. The monoisotopic (exact) mass is 285 g/mol. The Balaban J connectivity index is 2.78. The smallest absolute Gasteiger partial charge is 0.245 e. The van der Waals surface area contributed by atoms with E-state index in [1.807, 2.05) is 27.7 Å². The second-order valence-electron chi connectivity index (χ2n) is 5.70. The molecule has 0 aromatic rings. The summed E-state index contributed by atoms with van der Waals surface area (Å²) < 4.78 is 5.34. The highest BCUT2D eigenvalue weighted by atomic mass is 16.5. The summed E-state index contributed by atoms with van der Waals surface area (Å²) in [7, 11) is 0. The Morgan fingerprint density at radius 1 is 1.40 bits per heavy atom. The molecule has 1 heterocycles. The van der Waals surface area contributed by atoms with Crippen LogP contribution in [0.4, 0.5) is 0 Å². The first-order chi connectivity index (χ1) is 9.38. The first-order valence-electron chi connectivity index (χ1n) is 7.32. The largest absolute Gasteiger partial charge is 0.377 e. The first-order valence-corrected chi connectivity index (χ1v) is 7.32. The Hall–Kier alpha value is -1.14. The zero-order valence-electron chi connectivity index (χ0n) is 12.9. The zero-order valence-corrected chi connectivity index (χ0v) is 12.9. The van der Waals surface area contributed by atoms with Crippen LogP contribution in [-0.2, 0) is 14.3 Å². The van der Waals surface area contributed by atoms with Crippen LogP contribution in [0.5, 0.6) is 0 Å². The summed E-state index contributed by atoms with van der Waals surface area (Å²) in [5, 5.41) is 2.83. The second kappa shape index (κ2) is 7.59. The number of nitrogens with two attached hydrogens (primary N) is 1. The fraction of sp³-hybridized carbons (Fsp3) is 0.857. The molecule has 2 amide bonds. The predicted octanol–water partition coefficient (Wildman–Crippen LogP) is 0.112. The molecule has 6 heteroatoms. The molecule has 116 valence electrons. The summed E-state index contributed by atoms with van der Waals surface area (Å²) in [6.45, 7) is 8.82. The number of hydrogen-bond acceptors (Lipinski definition) is 4. The van der Waals surface area contributed by atoms with Crippen molar-refractivity contribution >= 4 is 11.8 Å². The number of nitrogens with zero attached hydrogens (tertiary/aromatic N) is 1. The van der Waals surface area contributed by atoms with E-state index in [4.69, 9.17) is 10.5 Å². The Morgan fingerprint density at radius 3 is 2.60 bits per heavy atom. The summed E-state index contributed by atoms with van der Waals surface area (Å²) in [5.41, 5.74) is 6.00. The van der Waals surface area contributed by atoms with Crippen molar-refractivity contribution in [1.29, 1.82) is 0 Å². The number of carbonyl (C=O) groups is 2. The van der Waals surface area contributed by atoms with Gasteiger partial charge < -0.3 is 20.7 Å². The molecule has 3 N–H and O–H groups in total. The van der Waals surface area contributed by atoms with Gasteiger partial charge in [0.2, 0.25) is 11.8 Å². The van der Waals surface area contributed by atoms with Crippen LogP contribution in [0.3, 0.4) is 0 Å². The SMILES string of the molecule is CCC(C)[C@H](N)C(=O)N1CCOCC1C(=O)NC(C)C. The van der Waals surface area contributed by atoms with Crippen LogP contribution in [0.1, 0.15) is 34.1 Å². The number of ether oxygens (including phenoxy) is 1. The highest BCUT2D eigenvalue weighted by Gasteiger charge is 2.36. The standard InChI is InChI=1S/C14H27N3O3/c1-5-10(4)12(15)14(19)17-6-7-20-8-11(17)13(18)16-9(2)3/h9-12H,5-8,15H2,1-4H3,(H,16,18)/t10?,11?,12-/m0/s1. The van der Waals surface area contributed by atoms with Gasteiger partial charge in [-0.3, -0.25) is 9.59 Å². The van der Waals surface area contributed by atoms with Crippen LogP contribution in [0.15, 0.2) is 0 Å². The van der Waals surface area contributed by atoms with Crippen LogP contribution in [0.2, 0.25) is 0 Å². The average molecular weight is 285 g/mol. The Labute approximate surface area is 121 Å². The minimum Gasteiger partial charge on any atom is -0.377 e. The van der Waals surface area contributed by atoms with Gasteiger partial charge in [-0.2, -0.15) is 0 Å². The lowest BCUT2D eigenvalue weighted by atomic mass is 9.98. The van der Waals surface area contributed by atoms with Crippen molar-refractivity contribution in [3.63, 3.8) is 0 Å². The number of rotatable bonds is 5. The molecule has 1 rings (SSSR count). The number of carbonyl (C=O) groups excluding carboxylic acids is 2. The fourth-order valence-corrected chi connectivity index (χ4v) is 2.15. The van der Waals surface area contributed by atoms with Crippen molar-refractivity contribution in [2.75, 3.05) is 19.8 Å². The maximum Gasteiger partial charge on any atom is 0.245 e. The van der Waals surface area contributed by atoms with Gasteiger partial charge in [0.15, 0.2) is 0 Å². The van der Waals surface area contributed by atoms with Crippen molar-refractivity contribution in [2.45, 2.75) is 52.2 Å². The van der Waals surface area contributed by atoms with Crippen molar-refractivity contribution in [3.05, 3.63) is 0 Å². The fourth-order valence-electron chi connectivity index (χ4n) is 2.15. The molecule has 0 aliphatic carbocycles. The molecule has 1 aliphatic heterocycles. The van der Waals surface area contributed by atoms with E-state index in [9.17, 15) is 9.59 Å². The molecule has 2 unspecified atom stereocenters. The van der Waals surface area contributed by atoms with Gasteiger partial charge in [0.25, 0.3) is 0 Å². The van der Waals surface area contributed by atoms with E-state index in [-0.39, 0.29) is 30.4 Å². The van der Waals surface area contributed by atoms with Gasteiger partial charge >= 0.3 is 0 Å². The van der Waals surface area contributed by atoms with Gasteiger partial charge in [-0.15, -0.1) is 0 Å². The molecule has 1 aliphatic rings. The summed E-state index contributed by atoms with van der Waals surface area (Å²) in [4.78, 5) is 26.2. The Bertz CT molecular complexity index is 347. The lowest BCUT2D eigenvalue weighted by Crippen LogP contribution is -2.60. The van der Waals surface area contributed by atoms with Crippen molar-refractivity contribution in [3.8, 4) is 0 Å². The van der Waals surface area contributed by atoms with E-state index < -0.39 is 12.1 Å². The molecule has 0 aromatic carbocycles. The van der Waals surface area contributed by atoms with Crippen molar-refractivity contribution in [1.82, 2.24) is 10.2 Å². The molecule has 0 saturated carbocycles. The highest BCUT2D eigenvalue weighted by Crippen LogP contribution is 2.14. The summed E-state index contributed by atoms with van der Waals surface area (Å²) in [6.07, 6.45) is 0.833. The third-order valence-electron chi connectivity index (χ3n) is 3.69. The lowest BCUT2D eigenvalue weighted by Gasteiger charge is -2.37. The molecule has 0 radical (unpaired) electrons. The summed E-state index contributed by atoms with van der Waals surface area (Å²) in [6, 6.07) is -1.11. The lowest BCUT2D eigenvalue weighted by molar-refractivity contribution is -0.150. The average Bonchev–Trinajstić information content (AvgIpc) is 2.44. The molecule has 1 saturated heterocycles. The molecule has 6 nitrogen and oxygen atoms in total. The van der Waals surface area contributed by atoms with E-state index >= 15 is 0 Å². The molecule has 3 atom stereocenters. The predicted molar refractivity (Wildman–Crippen MR) is 77.0 cm³/mol. The summed E-state index contributed by atoms with van der Waals surface area (Å²) >= 11 is 0. The minimum absolute atomic E-state index is 0.0321. The third-order valence-corrected chi connectivity index (χ3v) is 3.69. The van der Waals surface area contributed by atoms with Crippen LogP contribution in [0.25, 0.3) is 0 Å². The molecule has 0 bridgehead atoms. The zero-order chi connectivity index (χ0) is 15.3. The molecule has 0 spiro atoms. The van der Waals surface area contributed by atoms with E-state index in [0.29, 0.717) is 13.2 Å². The van der Waals surface area contributed by atoms with Gasteiger partial charge in [-0.05, 0) is 19.8 Å². The van der Waals surface area contributed by atoms with Crippen molar-refractivity contribution < 1.29 is 14.3 Å². The topological polar surface area (TPSA) is 84.7 Å². The van der Waals surface area contributed by atoms with E-state index in [2.05, 4.69) is 5.32 Å². The van der Waals surface area contributed by atoms with Gasteiger partial charge in [0, 0.05) is 12.6 Å². The Kier molecular flexibility index (Phi) is 6.42.